The lowest BCUT2D eigenvalue weighted by atomic mass is 9.93. The second kappa shape index (κ2) is 9.70. The molecule has 4 rings (SSSR count). The number of likely N-dealkylation sites (tertiary alicyclic amines) is 2. The Hall–Kier alpha value is -1.95. The van der Waals surface area contributed by atoms with Gasteiger partial charge in [-0.05, 0) is 75.6 Å². The summed E-state index contributed by atoms with van der Waals surface area (Å²) in [5.74, 6) is 1.03. The third-order valence-electron chi connectivity index (χ3n) is 6.73. The number of pyridine rings is 1. The molecular formula is C23H34N4O2. The third kappa shape index (κ3) is 5.56. The zero-order valence-corrected chi connectivity index (χ0v) is 17.4. The number of hydrogen-bond acceptors (Lipinski definition) is 4. The average Bonchev–Trinajstić information content (AvgIpc) is 3.62. The van der Waals surface area contributed by atoms with Crippen LogP contribution in [-0.2, 0) is 16.0 Å². The summed E-state index contributed by atoms with van der Waals surface area (Å²) in [7, 11) is 0. The van der Waals surface area contributed by atoms with Crippen LogP contribution in [0.5, 0.6) is 0 Å². The molecule has 6 nitrogen and oxygen atoms in total. The van der Waals surface area contributed by atoms with Crippen molar-refractivity contribution in [3.05, 3.63) is 30.1 Å². The van der Waals surface area contributed by atoms with E-state index in [1.54, 1.807) is 0 Å². The number of amides is 2. The number of nitrogens with zero attached hydrogens (tertiary/aromatic N) is 3. The highest BCUT2D eigenvalue weighted by Gasteiger charge is 2.37. The van der Waals surface area contributed by atoms with E-state index in [9.17, 15) is 9.59 Å². The number of piperidine rings is 2. The Kier molecular flexibility index (Phi) is 6.80. The van der Waals surface area contributed by atoms with Crippen LogP contribution in [0.1, 0.15) is 50.5 Å². The molecule has 2 amide bonds. The average molecular weight is 399 g/mol. The Morgan fingerprint density at radius 1 is 1.00 bits per heavy atom. The molecule has 2 saturated heterocycles. The predicted octanol–water partition coefficient (Wildman–Crippen LogP) is 2.24. The molecule has 1 unspecified atom stereocenters. The van der Waals surface area contributed by atoms with Crippen LogP contribution in [0.15, 0.2) is 24.5 Å². The van der Waals surface area contributed by atoms with Gasteiger partial charge in [-0.3, -0.25) is 19.5 Å². The first-order valence-corrected chi connectivity index (χ1v) is 11.4. The lowest BCUT2D eigenvalue weighted by Crippen LogP contribution is -2.51. The molecule has 0 aromatic carbocycles. The Bertz CT molecular complexity index is 683. The van der Waals surface area contributed by atoms with Crippen LogP contribution in [0.4, 0.5) is 0 Å². The molecule has 1 aliphatic carbocycles. The standard InChI is InChI=1S/C23H34N4O2/c28-22(25-11-1-3-18-7-12-24-13-8-18)20-4-2-14-27(17-20)21-9-15-26(16-10-21)23(29)19-5-6-19/h7-8,12-13,19-21H,1-6,9-11,14-17H2,(H,25,28). The van der Waals surface area contributed by atoms with Crippen LogP contribution in [0.2, 0.25) is 0 Å². The molecule has 1 aromatic rings. The summed E-state index contributed by atoms with van der Waals surface area (Å²) in [4.78, 5) is 33.5. The zero-order valence-electron chi connectivity index (χ0n) is 17.4. The van der Waals surface area contributed by atoms with Crippen LogP contribution in [0.3, 0.4) is 0 Å². The van der Waals surface area contributed by atoms with Crippen molar-refractivity contribution < 1.29 is 9.59 Å². The molecule has 2 aliphatic heterocycles. The van der Waals surface area contributed by atoms with E-state index in [0.29, 0.717) is 17.9 Å². The maximum Gasteiger partial charge on any atom is 0.225 e. The van der Waals surface area contributed by atoms with Crippen molar-refractivity contribution in [2.24, 2.45) is 11.8 Å². The van der Waals surface area contributed by atoms with E-state index in [1.807, 2.05) is 24.5 Å². The van der Waals surface area contributed by atoms with Crippen LogP contribution in [-0.4, -0.2) is 65.4 Å². The van der Waals surface area contributed by atoms with Crippen molar-refractivity contribution in [2.45, 2.75) is 57.4 Å². The van der Waals surface area contributed by atoms with Gasteiger partial charge in [0.05, 0.1) is 5.92 Å². The van der Waals surface area contributed by atoms with Gasteiger partial charge in [-0.15, -0.1) is 0 Å². The first-order valence-electron chi connectivity index (χ1n) is 11.4. The van der Waals surface area contributed by atoms with Gasteiger partial charge in [-0.25, -0.2) is 0 Å². The largest absolute Gasteiger partial charge is 0.356 e. The fourth-order valence-electron chi connectivity index (χ4n) is 4.79. The van der Waals surface area contributed by atoms with Crippen LogP contribution in [0, 0.1) is 11.8 Å². The predicted molar refractivity (Wildman–Crippen MR) is 112 cm³/mol. The van der Waals surface area contributed by atoms with Crippen molar-refractivity contribution in [1.29, 1.82) is 0 Å². The molecule has 3 aliphatic rings. The Morgan fingerprint density at radius 3 is 2.48 bits per heavy atom. The highest BCUT2D eigenvalue weighted by Crippen LogP contribution is 2.32. The van der Waals surface area contributed by atoms with Gasteiger partial charge >= 0.3 is 0 Å². The first kappa shape index (κ1) is 20.3. The second-order valence-corrected chi connectivity index (χ2v) is 8.91. The van der Waals surface area contributed by atoms with Crippen molar-refractivity contribution in [3.63, 3.8) is 0 Å². The van der Waals surface area contributed by atoms with Crippen molar-refractivity contribution in [1.82, 2.24) is 20.1 Å². The maximum atomic E-state index is 12.7. The summed E-state index contributed by atoms with van der Waals surface area (Å²) in [5.41, 5.74) is 1.27. The Balaban J connectivity index is 1.17. The van der Waals surface area contributed by atoms with E-state index in [0.717, 1.165) is 84.1 Å². The molecule has 0 bridgehead atoms. The molecular weight excluding hydrogens is 364 g/mol. The van der Waals surface area contributed by atoms with E-state index in [-0.39, 0.29) is 11.8 Å². The number of carbonyl (C=O) groups is 2. The lowest BCUT2D eigenvalue weighted by molar-refractivity contribution is -0.134. The normalized spacial score (nSPS) is 23.7. The van der Waals surface area contributed by atoms with Gasteiger partial charge in [0.15, 0.2) is 0 Å². The van der Waals surface area contributed by atoms with E-state index < -0.39 is 0 Å². The summed E-state index contributed by atoms with van der Waals surface area (Å²) in [6.45, 7) is 4.48. The number of rotatable bonds is 7. The maximum absolute atomic E-state index is 12.7. The fraction of sp³-hybridized carbons (Fsp3) is 0.696. The quantitative estimate of drug-likeness (QED) is 0.716. The smallest absolute Gasteiger partial charge is 0.225 e. The van der Waals surface area contributed by atoms with Gasteiger partial charge in [0, 0.05) is 50.5 Å². The van der Waals surface area contributed by atoms with Gasteiger partial charge in [-0.1, -0.05) is 0 Å². The minimum atomic E-state index is 0.107. The summed E-state index contributed by atoms with van der Waals surface area (Å²) in [5, 5.41) is 3.15. The van der Waals surface area contributed by atoms with Gasteiger partial charge in [0.2, 0.25) is 11.8 Å². The van der Waals surface area contributed by atoms with E-state index in [2.05, 4.69) is 20.1 Å². The first-order chi connectivity index (χ1) is 14.2. The molecule has 1 N–H and O–H groups in total. The van der Waals surface area contributed by atoms with Crippen molar-refractivity contribution in [2.75, 3.05) is 32.7 Å². The summed E-state index contributed by atoms with van der Waals surface area (Å²) < 4.78 is 0. The minimum Gasteiger partial charge on any atom is -0.356 e. The molecule has 158 valence electrons. The van der Waals surface area contributed by atoms with Crippen molar-refractivity contribution in [3.8, 4) is 0 Å². The van der Waals surface area contributed by atoms with Gasteiger partial charge in [0.1, 0.15) is 0 Å². The molecule has 29 heavy (non-hydrogen) atoms. The highest BCUT2D eigenvalue weighted by molar-refractivity contribution is 5.81. The number of aromatic nitrogens is 1. The molecule has 3 fully saturated rings. The fourth-order valence-corrected chi connectivity index (χ4v) is 4.79. The van der Waals surface area contributed by atoms with Crippen LogP contribution >= 0.6 is 0 Å². The molecule has 1 saturated carbocycles. The minimum absolute atomic E-state index is 0.107. The van der Waals surface area contributed by atoms with Gasteiger partial charge in [0.25, 0.3) is 0 Å². The van der Waals surface area contributed by atoms with Gasteiger partial charge < -0.3 is 10.2 Å². The van der Waals surface area contributed by atoms with E-state index >= 15 is 0 Å². The Labute approximate surface area is 174 Å². The van der Waals surface area contributed by atoms with Crippen LogP contribution in [0.25, 0.3) is 0 Å². The zero-order chi connectivity index (χ0) is 20.1. The lowest BCUT2D eigenvalue weighted by Gasteiger charge is -2.42. The third-order valence-corrected chi connectivity index (χ3v) is 6.73. The molecule has 0 spiro atoms. The molecule has 3 heterocycles. The second-order valence-electron chi connectivity index (χ2n) is 8.91. The van der Waals surface area contributed by atoms with Gasteiger partial charge in [-0.2, -0.15) is 0 Å². The van der Waals surface area contributed by atoms with E-state index in [4.69, 9.17) is 0 Å². The Morgan fingerprint density at radius 2 is 1.76 bits per heavy atom. The monoisotopic (exact) mass is 398 g/mol. The topological polar surface area (TPSA) is 65.5 Å². The summed E-state index contributed by atoms with van der Waals surface area (Å²) in [6.07, 6.45) is 11.9. The SMILES string of the molecule is O=C(NCCCc1ccncc1)C1CCCN(C2CCN(C(=O)C3CC3)CC2)C1. The number of nitrogens with one attached hydrogen (secondary N) is 1. The number of carbonyl (C=O) groups excluding carboxylic acids is 2. The van der Waals surface area contributed by atoms with Crippen LogP contribution < -0.4 is 5.32 Å². The summed E-state index contributed by atoms with van der Waals surface area (Å²) >= 11 is 0. The number of hydrogen-bond donors (Lipinski definition) is 1. The van der Waals surface area contributed by atoms with Crippen molar-refractivity contribution >= 4 is 11.8 Å². The molecule has 1 aromatic heterocycles. The molecule has 1 atom stereocenters. The summed E-state index contributed by atoms with van der Waals surface area (Å²) in [6, 6.07) is 4.59. The van der Waals surface area contributed by atoms with E-state index in [1.165, 1.54) is 5.56 Å². The molecule has 6 heteroatoms. The number of aryl methyl sites for hydroxylation is 1. The highest BCUT2D eigenvalue weighted by atomic mass is 16.2. The molecule has 0 radical (unpaired) electrons.